The molecule has 4 nitrogen and oxygen atoms in total. The summed E-state index contributed by atoms with van der Waals surface area (Å²) >= 11 is 0. The minimum absolute atomic E-state index is 0.0604. The van der Waals surface area contributed by atoms with Gasteiger partial charge in [-0.2, -0.15) is 0 Å². The molecule has 0 radical (unpaired) electrons. The van der Waals surface area contributed by atoms with Crippen LogP contribution in [0.25, 0.3) is 0 Å². The third kappa shape index (κ3) is 6.80. The Hall–Kier alpha value is -0.600. The first-order valence-electron chi connectivity index (χ1n) is 8.03. The topological polar surface area (TPSA) is 63.6 Å². The molecule has 0 aromatic carbocycles. The standard InChI is InChI=1S/C16H29O4P/c1-4-20-21(19,11-13(2)3)12-15(16(17)18)10-14-8-6-5-7-9-14/h10,13-14H,4-9,11-12H2,1-3H3,(H,17,18)/b15-10-. The van der Waals surface area contributed by atoms with Gasteiger partial charge in [-0.25, -0.2) is 4.79 Å². The molecule has 0 bridgehead atoms. The van der Waals surface area contributed by atoms with E-state index in [-0.39, 0.29) is 17.7 Å². The molecule has 1 N–H and O–H groups in total. The van der Waals surface area contributed by atoms with Gasteiger partial charge in [-0.15, -0.1) is 0 Å². The van der Waals surface area contributed by atoms with Gasteiger partial charge >= 0.3 is 5.97 Å². The van der Waals surface area contributed by atoms with Crippen molar-refractivity contribution in [3.63, 3.8) is 0 Å². The van der Waals surface area contributed by atoms with Crippen molar-refractivity contribution in [2.24, 2.45) is 11.8 Å². The van der Waals surface area contributed by atoms with Crippen LogP contribution in [0.1, 0.15) is 52.9 Å². The molecule has 0 amide bonds. The molecule has 21 heavy (non-hydrogen) atoms. The fourth-order valence-corrected chi connectivity index (χ4v) is 5.66. The van der Waals surface area contributed by atoms with Crippen LogP contribution in [-0.4, -0.2) is 30.0 Å². The van der Waals surface area contributed by atoms with Gasteiger partial charge in [-0.3, -0.25) is 4.57 Å². The lowest BCUT2D eigenvalue weighted by Gasteiger charge is -2.22. The minimum atomic E-state index is -2.90. The average Bonchev–Trinajstić information content (AvgIpc) is 2.38. The van der Waals surface area contributed by atoms with Crippen LogP contribution in [0.15, 0.2) is 11.6 Å². The predicted octanol–water partition coefficient (Wildman–Crippen LogP) is 4.55. The highest BCUT2D eigenvalue weighted by atomic mass is 31.2. The van der Waals surface area contributed by atoms with Gasteiger partial charge in [0.05, 0.1) is 12.8 Å². The van der Waals surface area contributed by atoms with E-state index in [0.717, 1.165) is 25.7 Å². The number of rotatable bonds is 8. The smallest absolute Gasteiger partial charge is 0.331 e. The molecule has 0 aromatic rings. The molecule has 1 rings (SSSR count). The number of carbonyl (C=O) groups is 1. The van der Waals surface area contributed by atoms with Crippen LogP contribution in [0.4, 0.5) is 0 Å². The van der Waals surface area contributed by atoms with Crippen molar-refractivity contribution in [2.45, 2.75) is 52.9 Å². The van der Waals surface area contributed by atoms with Gasteiger partial charge in [0.1, 0.15) is 0 Å². The van der Waals surface area contributed by atoms with E-state index >= 15 is 0 Å². The molecular weight excluding hydrogens is 287 g/mol. The summed E-state index contributed by atoms with van der Waals surface area (Å²) in [5.74, 6) is -0.407. The number of aliphatic carboxylic acids is 1. The Labute approximate surface area is 128 Å². The summed E-state index contributed by atoms with van der Waals surface area (Å²) in [5, 5.41) is 9.42. The summed E-state index contributed by atoms with van der Waals surface area (Å²) in [4.78, 5) is 11.5. The van der Waals surface area contributed by atoms with E-state index in [1.165, 1.54) is 6.42 Å². The van der Waals surface area contributed by atoms with Crippen molar-refractivity contribution in [1.82, 2.24) is 0 Å². The second kappa shape index (κ2) is 8.75. The van der Waals surface area contributed by atoms with Crippen LogP contribution >= 0.6 is 7.37 Å². The molecule has 1 unspecified atom stereocenters. The summed E-state index contributed by atoms with van der Waals surface area (Å²) in [7, 11) is -2.90. The normalized spacial score (nSPS) is 20.5. The molecule has 0 heterocycles. The Kier molecular flexibility index (Phi) is 7.69. The third-order valence-corrected chi connectivity index (χ3v) is 6.62. The Morgan fingerprint density at radius 2 is 1.95 bits per heavy atom. The van der Waals surface area contributed by atoms with Crippen molar-refractivity contribution < 1.29 is 19.0 Å². The van der Waals surface area contributed by atoms with Crippen molar-refractivity contribution in [1.29, 1.82) is 0 Å². The first-order chi connectivity index (χ1) is 9.86. The Morgan fingerprint density at radius 3 is 2.43 bits per heavy atom. The van der Waals surface area contributed by atoms with E-state index < -0.39 is 13.3 Å². The molecule has 1 fully saturated rings. The molecule has 122 valence electrons. The van der Waals surface area contributed by atoms with Gasteiger partial charge in [0.15, 0.2) is 0 Å². The van der Waals surface area contributed by atoms with Crippen molar-refractivity contribution in [3.8, 4) is 0 Å². The SMILES string of the molecule is CCOP(=O)(C/C(=C/C1CCCCC1)C(=O)O)CC(C)C. The quantitative estimate of drug-likeness (QED) is 0.527. The van der Waals surface area contributed by atoms with E-state index in [1.807, 2.05) is 19.9 Å². The zero-order valence-corrected chi connectivity index (χ0v) is 14.4. The van der Waals surface area contributed by atoms with Gasteiger partial charge in [0.2, 0.25) is 7.37 Å². The monoisotopic (exact) mass is 316 g/mol. The molecular formula is C16H29O4P. The Bertz CT molecular complexity index is 409. The first kappa shape index (κ1) is 18.4. The van der Waals surface area contributed by atoms with E-state index in [1.54, 1.807) is 6.92 Å². The van der Waals surface area contributed by atoms with Gasteiger partial charge in [-0.1, -0.05) is 39.2 Å². The van der Waals surface area contributed by atoms with Gasteiger partial charge in [-0.05, 0) is 31.6 Å². The second-order valence-corrected chi connectivity index (χ2v) is 8.93. The fraction of sp³-hybridized carbons (Fsp3) is 0.812. The van der Waals surface area contributed by atoms with Crippen LogP contribution in [0.3, 0.4) is 0 Å². The third-order valence-electron chi connectivity index (χ3n) is 3.78. The molecule has 0 aromatic heterocycles. The lowest BCUT2D eigenvalue weighted by Crippen LogP contribution is -2.14. The molecule has 5 heteroatoms. The summed E-state index contributed by atoms with van der Waals surface area (Å²) < 4.78 is 18.3. The van der Waals surface area contributed by atoms with Crippen LogP contribution in [-0.2, 0) is 13.9 Å². The highest BCUT2D eigenvalue weighted by molar-refractivity contribution is 7.59. The Balaban J connectivity index is 2.85. The highest BCUT2D eigenvalue weighted by Crippen LogP contribution is 2.50. The predicted molar refractivity (Wildman–Crippen MR) is 86.1 cm³/mol. The van der Waals surface area contributed by atoms with Crippen molar-refractivity contribution >= 4 is 13.3 Å². The number of allylic oxidation sites excluding steroid dienone is 1. The average molecular weight is 316 g/mol. The maximum Gasteiger partial charge on any atom is 0.331 e. The zero-order valence-electron chi connectivity index (χ0n) is 13.5. The fourth-order valence-electron chi connectivity index (χ4n) is 2.99. The summed E-state index contributed by atoms with van der Waals surface area (Å²) in [6.45, 7) is 6.13. The molecule has 1 aliphatic carbocycles. The van der Waals surface area contributed by atoms with Crippen LogP contribution in [0.5, 0.6) is 0 Å². The van der Waals surface area contributed by atoms with Crippen LogP contribution < -0.4 is 0 Å². The molecule has 1 atom stereocenters. The molecule has 0 saturated heterocycles. The molecule has 1 saturated carbocycles. The molecule has 0 spiro atoms. The van der Waals surface area contributed by atoms with E-state index in [4.69, 9.17) is 4.52 Å². The van der Waals surface area contributed by atoms with E-state index in [9.17, 15) is 14.5 Å². The van der Waals surface area contributed by atoms with Gasteiger partial charge in [0, 0.05) is 11.7 Å². The van der Waals surface area contributed by atoms with Gasteiger partial charge in [0.25, 0.3) is 0 Å². The number of hydrogen-bond donors (Lipinski definition) is 1. The molecule has 1 aliphatic rings. The van der Waals surface area contributed by atoms with Crippen LogP contribution in [0.2, 0.25) is 0 Å². The first-order valence-corrected chi connectivity index (χ1v) is 10.0. The number of hydrogen-bond acceptors (Lipinski definition) is 3. The summed E-state index contributed by atoms with van der Waals surface area (Å²) in [6, 6.07) is 0. The van der Waals surface area contributed by atoms with Crippen molar-refractivity contribution in [3.05, 3.63) is 11.6 Å². The maximum absolute atomic E-state index is 12.9. The van der Waals surface area contributed by atoms with Crippen molar-refractivity contribution in [2.75, 3.05) is 18.9 Å². The maximum atomic E-state index is 12.9. The summed E-state index contributed by atoms with van der Waals surface area (Å²) in [6.07, 6.45) is 7.97. The van der Waals surface area contributed by atoms with E-state index in [2.05, 4.69) is 0 Å². The zero-order chi connectivity index (χ0) is 15.9. The number of carboxylic acids is 1. The minimum Gasteiger partial charge on any atom is -0.478 e. The van der Waals surface area contributed by atoms with Crippen LogP contribution in [0, 0.1) is 11.8 Å². The summed E-state index contributed by atoms with van der Waals surface area (Å²) in [5.41, 5.74) is 0.277. The largest absolute Gasteiger partial charge is 0.478 e. The van der Waals surface area contributed by atoms with Gasteiger partial charge < -0.3 is 9.63 Å². The molecule has 0 aliphatic heterocycles. The number of carboxylic acid groups (broad SMARTS) is 1. The lowest BCUT2D eigenvalue weighted by molar-refractivity contribution is -0.132. The second-order valence-electron chi connectivity index (χ2n) is 6.36. The lowest BCUT2D eigenvalue weighted by atomic mass is 9.88. The van der Waals surface area contributed by atoms with E-state index in [0.29, 0.717) is 18.7 Å². The highest BCUT2D eigenvalue weighted by Gasteiger charge is 2.28. The Morgan fingerprint density at radius 1 is 1.33 bits per heavy atom.